The van der Waals surface area contributed by atoms with E-state index < -0.39 is 17.3 Å². The molecule has 1 aliphatic rings. The van der Waals surface area contributed by atoms with E-state index in [1.165, 1.54) is 18.2 Å². The van der Waals surface area contributed by atoms with E-state index in [0.29, 0.717) is 0 Å². The molecule has 0 atom stereocenters. The highest BCUT2D eigenvalue weighted by Gasteiger charge is 2.35. The topological polar surface area (TPSA) is 126 Å². The lowest BCUT2D eigenvalue weighted by atomic mass is 9.83. The highest BCUT2D eigenvalue weighted by Crippen LogP contribution is 2.41. The third kappa shape index (κ3) is 2.55. The van der Waals surface area contributed by atoms with Crippen molar-refractivity contribution in [3.05, 3.63) is 57.1 Å². The predicted molar refractivity (Wildman–Crippen MR) is 91.4 cm³/mol. The molecule has 0 aliphatic heterocycles. The van der Waals surface area contributed by atoms with Crippen LogP contribution >= 0.6 is 15.9 Å². The number of nitrogens with one attached hydrogen (secondary N) is 1. The smallest absolute Gasteiger partial charge is 0.237 e. The predicted octanol–water partition coefficient (Wildman–Crippen LogP) is 2.75. The monoisotopic (exact) mass is 394 g/mol. The lowest BCUT2D eigenvalue weighted by molar-refractivity contribution is 0.0977. The summed E-state index contributed by atoms with van der Waals surface area (Å²) in [7, 11) is 0. The minimum atomic E-state index is -0.497. The number of phenolic OH excluding ortho intramolecular Hbond substituents is 1. The number of hydrazone groups is 1. The average Bonchev–Trinajstić information content (AvgIpc) is 2.61. The Balaban J connectivity index is 2.27. The Hall–Kier alpha value is -3.49. The zero-order valence-electron chi connectivity index (χ0n) is 12.4. The summed E-state index contributed by atoms with van der Waals surface area (Å²) in [6.07, 6.45) is 0. The number of benzene rings is 2. The van der Waals surface area contributed by atoms with Gasteiger partial charge in [-0.05, 0) is 22.0 Å². The molecule has 0 unspecified atom stereocenters. The number of aromatic hydroxyl groups is 1. The van der Waals surface area contributed by atoms with Crippen LogP contribution in [-0.4, -0.2) is 22.4 Å². The van der Waals surface area contributed by atoms with Crippen LogP contribution in [0.2, 0.25) is 0 Å². The van der Waals surface area contributed by atoms with Crippen LogP contribution in [0.15, 0.2) is 39.9 Å². The first-order chi connectivity index (χ1) is 12.0. The van der Waals surface area contributed by atoms with Gasteiger partial charge in [0.1, 0.15) is 17.9 Å². The van der Waals surface area contributed by atoms with Gasteiger partial charge < -0.3 is 5.11 Å². The Bertz CT molecular complexity index is 1040. The van der Waals surface area contributed by atoms with Gasteiger partial charge in [0.05, 0.1) is 16.8 Å². The Labute approximate surface area is 149 Å². The molecular weight excluding hydrogens is 388 g/mol. The largest absolute Gasteiger partial charge is 0.507 e. The minimum Gasteiger partial charge on any atom is -0.507 e. The average molecular weight is 395 g/mol. The van der Waals surface area contributed by atoms with Crippen molar-refractivity contribution in [2.75, 3.05) is 5.43 Å². The van der Waals surface area contributed by atoms with Gasteiger partial charge in [-0.1, -0.05) is 24.3 Å². The van der Waals surface area contributed by atoms with Crippen LogP contribution < -0.4 is 5.43 Å². The van der Waals surface area contributed by atoms with Gasteiger partial charge in [0.25, 0.3) is 0 Å². The molecule has 7 nitrogen and oxygen atoms in total. The van der Waals surface area contributed by atoms with E-state index in [2.05, 4.69) is 26.5 Å². The number of carbonyl (C=O) groups is 2. The van der Waals surface area contributed by atoms with Gasteiger partial charge in [-0.25, -0.2) is 0 Å². The summed E-state index contributed by atoms with van der Waals surface area (Å²) in [5.41, 5.74) is 2.26. The molecule has 0 amide bonds. The number of hydrogen-bond acceptors (Lipinski definition) is 7. The zero-order chi connectivity index (χ0) is 18.1. The summed E-state index contributed by atoms with van der Waals surface area (Å²) in [5.74, 6) is -1.33. The van der Waals surface area contributed by atoms with Crippen molar-refractivity contribution in [1.82, 2.24) is 0 Å². The second kappa shape index (κ2) is 6.19. The van der Waals surface area contributed by atoms with E-state index in [0.717, 1.165) is 0 Å². The number of nitrogens with zero attached hydrogens (tertiary/aromatic N) is 3. The minimum absolute atomic E-state index is 0.0745. The maximum atomic E-state index is 12.9. The molecule has 0 radical (unpaired) electrons. The fourth-order valence-corrected chi connectivity index (χ4v) is 3.04. The number of anilines is 1. The van der Waals surface area contributed by atoms with Crippen molar-refractivity contribution in [1.29, 1.82) is 10.5 Å². The van der Waals surface area contributed by atoms with E-state index in [1.807, 2.05) is 0 Å². The molecule has 0 spiro atoms. The molecule has 2 aromatic carbocycles. The number of nitriles is 2. The molecule has 0 aromatic heterocycles. The van der Waals surface area contributed by atoms with Crippen LogP contribution in [0.5, 0.6) is 5.75 Å². The van der Waals surface area contributed by atoms with Crippen LogP contribution in [0, 0.1) is 22.7 Å². The lowest BCUT2D eigenvalue weighted by Crippen LogP contribution is -2.22. The number of phenols is 1. The molecule has 25 heavy (non-hydrogen) atoms. The molecule has 0 bridgehead atoms. The van der Waals surface area contributed by atoms with Crippen LogP contribution in [0.1, 0.15) is 31.8 Å². The second-order valence-electron chi connectivity index (χ2n) is 5.00. The Morgan fingerprint density at radius 3 is 2.20 bits per heavy atom. The van der Waals surface area contributed by atoms with Crippen LogP contribution in [0.25, 0.3) is 0 Å². The summed E-state index contributed by atoms with van der Waals surface area (Å²) in [4.78, 5) is 25.6. The van der Waals surface area contributed by atoms with E-state index in [1.54, 1.807) is 24.3 Å². The molecule has 0 fully saturated rings. The first kappa shape index (κ1) is 16.4. The van der Waals surface area contributed by atoms with Crippen LogP contribution in [0.3, 0.4) is 0 Å². The number of rotatable bonds is 2. The first-order valence-electron chi connectivity index (χ1n) is 6.87. The fraction of sp³-hybridized carbons (Fsp3) is 0. The molecule has 1 aliphatic carbocycles. The third-order valence-electron chi connectivity index (χ3n) is 3.62. The molecule has 0 saturated carbocycles. The molecule has 0 heterocycles. The molecule has 0 saturated heterocycles. The summed E-state index contributed by atoms with van der Waals surface area (Å²) in [6, 6.07) is 10.7. The van der Waals surface area contributed by atoms with Gasteiger partial charge in [-0.3, -0.25) is 15.0 Å². The number of ketones is 2. The Kier molecular flexibility index (Phi) is 4.05. The normalized spacial score (nSPS) is 11.6. The van der Waals surface area contributed by atoms with Crippen LogP contribution in [0.4, 0.5) is 5.69 Å². The Morgan fingerprint density at radius 1 is 1.08 bits per heavy atom. The quantitative estimate of drug-likeness (QED) is 0.390. The number of fused-ring (bicyclic) bond motifs is 2. The van der Waals surface area contributed by atoms with Gasteiger partial charge >= 0.3 is 0 Å². The first-order valence-corrected chi connectivity index (χ1v) is 7.66. The highest BCUT2D eigenvalue weighted by atomic mass is 79.9. The maximum absolute atomic E-state index is 12.9. The van der Waals surface area contributed by atoms with Gasteiger partial charge in [0.2, 0.25) is 5.71 Å². The van der Waals surface area contributed by atoms with Gasteiger partial charge in [0, 0.05) is 15.6 Å². The van der Waals surface area contributed by atoms with E-state index in [4.69, 9.17) is 10.5 Å². The standard InChI is InChI=1S/C17H7BrN4O3/c18-11-5-12(23)13-14(15(11)22-21-8(6-19)7-20)17(25)10-4-2-1-3-9(10)16(13)24/h1-5,22-23H. The molecule has 2 aromatic rings. The third-order valence-corrected chi connectivity index (χ3v) is 4.25. The summed E-state index contributed by atoms with van der Waals surface area (Å²) in [5, 5.41) is 31.3. The van der Waals surface area contributed by atoms with E-state index in [9.17, 15) is 14.7 Å². The van der Waals surface area contributed by atoms with Crippen molar-refractivity contribution in [3.63, 3.8) is 0 Å². The SMILES string of the molecule is N#CC(C#N)=NNc1c(Br)cc(O)c2c1C(=O)c1ccccc1C2=O. The number of halogens is 1. The summed E-state index contributed by atoms with van der Waals surface area (Å²) in [6.45, 7) is 0. The van der Waals surface area contributed by atoms with Crippen molar-refractivity contribution < 1.29 is 14.7 Å². The zero-order valence-corrected chi connectivity index (χ0v) is 14.0. The van der Waals surface area contributed by atoms with Crippen LogP contribution in [-0.2, 0) is 0 Å². The van der Waals surface area contributed by atoms with Gasteiger partial charge in [0.15, 0.2) is 11.6 Å². The number of hydrogen-bond donors (Lipinski definition) is 2. The van der Waals surface area contributed by atoms with Gasteiger partial charge in [-0.15, -0.1) is 0 Å². The molecule has 3 rings (SSSR count). The van der Waals surface area contributed by atoms with Gasteiger partial charge in [-0.2, -0.15) is 15.6 Å². The second-order valence-corrected chi connectivity index (χ2v) is 5.86. The summed E-state index contributed by atoms with van der Waals surface area (Å²) < 4.78 is 0.253. The number of carbonyl (C=O) groups excluding carboxylic acids is 2. The summed E-state index contributed by atoms with van der Waals surface area (Å²) >= 11 is 3.19. The van der Waals surface area contributed by atoms with E-state index >= 15 is 0 Å². The molecule has 2 N–H and O–H groups in total. The Morgan fingerprint density at radius 2 is 1.64 bits per heavy atom. The van der Waals surface area contributed by atoms with Crippen molar-refractivity contribution in [2.45, 2.75) is 0 Å². The van der Waals surface area contributed by atoms with Crippen molar-refractivity contribution in [3.8, 4) is 17.9 Å². The van der Waals surface area contributed by atoms with E-state index in [-0.39, 0.29) is 38.2 Å². The molecule has 120 valence electrons. The van der Waals surface area contributed by atoms with Crippen molar-refractivity contribution in [2.24, 2.45) is 5.10 Å². The fourth-order valence-electron chi connectivity index (χ4n) is 2.54. The molecular formula is C17H7BrN4O3. The maximum Gasteiger partial charge on any atom is 0.237 e. The highest BCUT2D eigenvalue weighted by molar-refractivity contribution is 9.10. The lowest BCUT2D eigenvalue weighted by Gasteiger charge is -2.21. The molecule has 8 heteroatoms. The van der Waals surface area contributed by atoms with Crippen molar-refractivity contribution >= 4 is 38.9 Å².